The smallest absolute Gasteiger partial charge is 0.307 e. The maximum Gasteiger partial charge on any atom is 0.326 e. The molecule has 0 spiro atoms. The first kappa shape index (κ1) is 20.7. The second kappa shape index (κ2) is 9.06. The first-order chi connectivity index (χ1) is 14.5. The molecule has 156 valence electrons. The molecule has 1 aliphatic rings. The van der Waals surface area contributed by atoms with Gasteiger partial charge in [0.1, 0.15) is 5.82 Å². The van der Waals surface area contributed by atoms with E-state index in [0.29, 0.717) is 27.2 Å². The summed E-state index contributed by atoms with van der Waals surface area (Å²) in [6.45, 7) is 3.01. The molecular formula is C22H23Cl2N5O. The summed E-state index contributed by atoms with van der Waals surface area (Å²) in [5.74, 6) is 1.60. The van der Waals surface area contributed by atoms with Gasteiger partial charge in [0.2, 0.25) is 0 Å². The predicted molar refractivity (Wildman–Crippen MR) is 120 cm³/mol. The average molecular weight is 444 g/mol. The number of anilines is 2. The van der Waals surface area contributed by atoms with Gasteiger partial charge in [-0.2, -0.15) is 5.10 Å². The van der Waals surface area contributed by atoms with E-state index < -0.39 is 0 Å². The molecule has 0 saturated heterocycles. The van der Waals surface area contributed by atoms with Crippen LogP contribution in [0.5, 0.6) is 0 Å². The number of hydrogen-bond acceptors (Lipinski definition) is 3. The van der Waals surface area contributed by atoms with Crippen molar-refractivity contribution >= 4 is 40.6 Å². The minimum Gasteiger partial charge on any atom is -0.307 e. The van der Waals surface area contributed by atoms with Crippen LogP contribution in [0.2, 0.25) is 10.0 Å². The van der Waals surface area contributed by atoms with Gasteiger partial charge >= 0.3 is 6.03 Å². The standard InChI is InChI=1S/C22H23Cl2N5O/c1-15-18(24)9-6-10-19(15)28(22(30)25-17-8-5-7-16(23)13-17)14-20-26-21-11-3-2-4-12-29(21)27-20/h5-10,13H,2-4,11-12,14H2,1H3,(H,25,30). The summed E-state index contributed by atoms with van der Waals surface area (Å²) < 4.78 is 1.97. The number of fused-ring (bicyclic) bond motifs is 1. The Morgan fingerprint density at radius 3 is 2.83 bits per heavy atom. The van der Waals surface area contributed by atoms with Crippen molar-refractivity contribution in [3.05, 3.63) is 69.7 Å². The molecule has 0 aliphatic carbocycles. The maximum atomic E-state index is 13.3. The van der Waals surface area contributed by atoms with Crippen LogP contribution in [0.25, 0.3) is 0 Å². The lowest BCUT2D eigenvalue weighted by Crippen LogP contribution is -2.35. The number of urea groups is 1. The van der Waals surface area contributed by atoms with Crippen LogP contribution in [-0.4, -0.2) is 20.8 Å². The highest BCUT2D eigenvalue weighted by Crippen LogP contribution is 2.28. The molecule has 1 N–H and O–H groups in total. The summed E-state index contributed by atoms with van der Waals surface area (Å²) in [5.41, 5.74) is 2.15. The molecule has 0 fully saturated rings. The van der Waals surface area contributed by atoms with Crippen LogP contribution < -0.4 is 10.2 Å². The molecule has 0 radical (unpaired) electrons. The molecule has 1 aliphatic heterocycles. The monoisotopic (exact) mass is 443 g/mol. The van der Waals surface area contributed by atoms with E-state index in [1.165, 1.54) is 6.42 Å². The lowest BCUT2D eigenvalue weighted by atomic mass is 10.2. The number of nitrogens with zero attached hydrogens (tertiary/aromatic N) is 4. The van der Waals surface area contributed by atoms with E-state index in [-0.39, 0.29) is 12.6 Å². The fraction of sp³-hybridized carbons (Fsp3) is 0.318. The van der Waals surface area contributed by atoms with Crippen molar-refractivity contribution in [2.24, 2.45) is 0 Å². The van der Waals surface area contributed by atoms with E-state index in [9.17, 15) is 4.79 Å². The molecule has 30 heavy (non-hydrogen) atoms. The van der Waals surface area contributed by atoms with Crippen molar-refractivity contribution in [3.63, 3.8) is 0 Å². The van der Waals surface area contributed by atoms with E-state index in [0.717, 1.165) is 37.2 Å². The lowest BCUT2D eigenvalue weighted by molar-refractivity contribution is 0.256. The van der Waals surface area contributed by atoms with Crippen molar-refractivity contribution in [1.82, 2.24) is 14.8 Å². The molecule has 0 atom stereocenters. The van der Waals surface area contributed by atoms with Crippen LogP contribution in [-0.2, 0) is 19.5 Å². The zero-order valence-corrected chi connectivity index (χ0v) is 18.2. The van der Waals surface area contributed by atoms with Gasteiger partial charge in [0.05, 0.1) is 12.2 Å². The molecule has 2 aromatic carbocycles. The van der Waals surface area contributed by atoms with E-state index in [1.54, 1.807) is 29.2 Å². The molecule has 0 saturated carbocycles. The Labute approximate surface area is 185 Å². The Balaban J connectivity index is 1.65. The fourth-order valence-corrected chi connectivity index (χ4v) is 3.99. The Morgan fingerprint density at radius 1 is 1.17 bits per heavy atom. The summed E-state index contributed by atoms with van der Waals surface area (Å²) in [6, 6.07) is 12.3. The molecule has 4 rings (SSSR count). The van der Waals surface area contributed by atoms with Gasteiger partial charge < -0.3 is 5.32 Å². The predicted octanol–water partition coefficient (Wildman–Crippen LogP) is 5.86. The fourth-order valence-electron chi connectivity index (χ4n) is 3.63. The molecule has 2 heterocycles. The van der Waals surface area contributed by atoms with Gasteiger partial charge in [-0.25, -0.2) is 14.5 Å². The first-order valence-electron chi connectivity index (χ1n) is 10.0. The van der Waals surface area contributed by atoms with Crippen molar-refractivity contribution < 1.29 is 4.79 Å². The zero-order chi connectivity index (χ0) is 21.1. The van der Waals surface area contributed by atoms with Gasteiger partial charge in [0.15, 0.2) is 5.82 Å². The van der Waals surface area contributed by atoms with Gasteiger partial charge in [-0.1, -0.05) is 41.8 Å². The van der Waals surface area contributed by atoms with Crippen molar-refractivity contribution in [3.8, 4) is 0 Å². The number of amides is 2. The second-order valence-corrected chi connectivity index (χ2v) is 8.23. The maximum absolute atomic E-state index is 13.3. The number of benzene rings is 2. The number of hydrogen-bond donors (Lipinski definition) is 1. The molecule has 6 nitrogen and oxygen atoms in total. The third-order valence-corrected chi connectivity index (χ3v) is 5.86. The van der Waals surface area contributed by atoms with Crippen molar-refractivity contribution in [2.75, 3.05) is 10.2 Å². The highest BCUT2D eigenvalue weighted by atomic mass is 35.5. The Kier molecular flexibility index (Phi) is 6.25. The zero-order valence-electron chi connectivity index (χ0n) is 16.7. The minimum atomic E-state index is -0.298. The summed E-state index contributed by atoms with van der Waals surface area (Å²) in [6.07, 6.45) is 4.32. The molecule has 8 heteroatoms. The number of carbonyl (C=O) groups is 1. The summed E-state index contributed by atoms with van der Waals surface area (Å²) in [5, 5.41) is 8.73. The molecule has 1 aromatic heterocycles. The van der Waals surface area contributed by atoms with E-state index in [1.807, 2.05) is 29.8 Å². The number of nitrogens with one attached hydrogen (secondary N) is 1. The highest BCUT2D eigenvalue weighted by molar-refractivity contribution is 6.32. The summed E-state index contributed by atoms with van der Waals surface area (Å²) in [7, 11) is 0. The first-order valence-corrected chi connectivity index (χ1v) is 10.8. The van der Waals surface area contributed by atoms with Crippen LogP contribution in [0.15, 0.2) is 42.5 Å². The van der Waals surface area contributed by atoms with E-state index >= 15 is 0 Å². The average Bonchev–Trinajstić information content (AvgIpc) is 2.97. The number of rotatable bonds is 4. The molecular weight excluding hydrogens is 421 g/mol. The lowest BCUT2D eigenvalue weighted by Gasteiger charge is -2.24. The molecule has 0 bridgehead atoms. The summed E-state index contributed by atoms with van der Waals surface area (Å²) >= 11 is 12.4. The number of aromatic nitrogens is 3. The van der Waals surface area contributed by atoms with Crippen LogP contribution in [0.3, 0.4) is 0 Å². The summed E-state index contributed by atoms with van der Waals surface area (Å²) in [4.78, 5) is 19.6. The SMILES string of the molecule is Cc1c(Cl)cccc1N(Cc1nc2n(n1)CCCCC2)C(=O)Nc1cccc(Cl)c1. The van der Waals surface area contributed by atoms with Gasteiger partial charge in [-0.15, -0.1) is 0 Å². The minimum absolute atomic E-state index is 0.244. The van der Waals surface area contributed by atoms with Crippen molar-refractivity contribution in [2.45, 2.75) is 45.7 Å². The van der Waals surface area contributed by atoms with Gasteiger partial charge in [0, 0.05) is 28.7 Å². The molecule has 2 amide bonds. The number of halogens is 2. The Hall–Kier alpha value is -2.57. The second-order valence-electron chi connectivity index (χ2n) is 7.39. The Bertz CT molecular complexity index is 1040. The van der Waals surface area contributed by atoms with Gasteiger partial charge in [0.25, 0.3) is 0 Å². The van der Waals surface area contributed by atoms with Gasteiger partial charge in [-0.05, 0) is 55.7 Å². The third kappa shape index (κ3) is 4.60. The quantitative estimate of drug-likeness (QED) is 0.549. The van der Waals surface area contributed by atoms with E-state index in [2.05, 4.69) is 10.4 Å². The van der Waals surface area contributed by atoms with Crippen molar-refractivity contribution in [1.29, 1.82) is 0 Å². The largest absolute Gasteiger partial charge is 0.326 e. The number of aryl methyl sites for hydroxylation is 2. The molecule has 3 aromatic rings. The van der Waals surface area contributed by atoms with Crippen LogP contribution in [0.4, 0.5) is 16.2 Å². The van der Waals surface area contributed by atoms with Gasteiger partial charge in [-0.3, -0.25) is 4.90 Å². The Morgan fingerprint density at radius 2 is 2.00 bits per heavy atom. The van der Waals surface area contributed by atoms with Crippen LogP contribution in [0.1, 0.15) is 36.5 Å². The van der Waals surface area contributed by atoms with Crippen LogP contribution >= 0.6 is 23.2 Å². The third-order valence-electron chi connectivity index (χ3n) is 5.21. The van der Waals surface area contributed by atoms with Crippen LogP contribution in [0, 0.1) is 6.92 Å². The highest BCUT2D eigenvalue weighted by Gasteiger charge is 2.22. The molecule has 0 unspecified atom stereocenters. The van der Waals surface area contributed by atoms with E-state index in [4.69, 9.17) is 28.2 Å². The topological polar surface area (TPSA) is 63.1 Å². The number of carbonyl (C=O) groups excluding carboxylic acids is 1. The normalized spacial score (nSPS) is 13.4.